The van der Waals surface area contributed by atoms with Gasteiger partial charge in [0.25, 0.3) is 0 Å². The highest BCUT2D eigenvalue weighted by atomic mass is 32.2. The molecule has 2 N–H and O–H groups in total. The van der Waals surface area contributed by atoms with Crippen molar-refractivity contribution in [2.75, 3.05) is 16.3 Å². The second-order valence-corrected chi connectivity index (χ2v) is 9.18. The summed E-state index contributed by atoms with van der Waals surface area (Å²) in [5.74, 6) is 0.321. The molecule has 0 aliphatic heterocycles. The SMILES string of the molecule is CS(=O)(=O)Nc1cccc(-c2ccc3nc(NC(=O)C4CCCCC4)nn3c2)c1. The summed E-state index contributed by atoms with van der Waals surface area (Å²) in [6, 6.07) is 10.8. The minimum Gasteiger partial charge on any atom is -0.293 e. The predicted molar refractivity (Wildman–Crippen MR) is 112 cm³/mol. The average molecular weight is 414 g/mol. The van der Waals surface area contributed by atoms with Crippen LogP contribution < -0.4 is 10.0 Å². The van der Waals surface area contributed by atoms with Crippen LogP contribution in [0.1, 0.15) is 32.1 Å². The van der Waals surface area contributed by atoms with Crippen LogP contribution in [-0.4, -0.2) is 35.2 Å². The van der Waals surface area contributed by atoms with Crippen molar-refractivity contribution >= 4 is 33.2 Å². The summed E-state index contributed by atoms with van der Waals surface area (Å²) in [4.78, 5) is 16.8. The highest BCUT2D eigenvalue weighted by molar-refractivity contribution is 7.92. The molecule has 152 valence electrons. The molecule has 0 atom stereocenters. The number of aromatic nitrogens is 3. The van der Waals surface area contributed by atoms with Crippen LogP contribution in [0.25, 0.3) is 16.8 Å². The fraction of sp³-hybridized carbons (Fsp3) is 0.350. The fourth-order valence-corrected chi connectivity index (χ4v) is 4.22. The number of hydrogen-bond donors (Lipinski definition) is 2. The van der Waals surface area contributed by atoms with Gasteiger partial charge in [0, 0.05) is 23.4 Å². The normalized spacial score (nSPS) is 15.3. The lowest BCUT2D eigenvalue weighted by Gasteiger charge is -2.19. The maximum Gasteiger partial charge on any atom is 0.249 e. The lowest BCUT2D eigenvalue weighted by molar-refractivity contribution is -0.120. The van der Waals surface area contributed by atoms with Crippen molar-refractivity contribution < 1.29 is 13.2 Å². The van der Waals surface area contributed by atoms with E-state index in [4.69, 9.17) is 0 Å². The first kappa shape index (κ1) is 19.4. The van der Waals surface area contributed by atoms with Crippen molar-refractivity contribution in [3.05, 3.63) is 42.6 Å². The number of nitrogens with one attached hydrogen (secondary N) is 2. The highest BCUT2D eigenvalue weighted by Crippen LogP contribution is 2.26. The van der Waals surface area contributed by atoms with Gasteiger partial charge in [0.15, 0.2) is 5.65 Å². The average Bonchev–Trinajstić information content (AvgIpc) is 3.09. The van der Waals surface area contributed by atoms with Gasteiger partial charge in [-0.25, -0.2) is 12.9 Å². The van der Waals surface area contributed by atoms with Gasteiger partial charge < -0.3 is 0 Å². The Morgan fingerprint density at radius 2 is 1.90 bits per heavy atom. The molecular formula is C20H23N5O3S. The summed E-state index contributed by atoms with van der Waals surface area (Å²) in [5, 5.41) is 7.21. The van der Waals surface area contributed by atoms with Crippen molar-refractivity contribution in [1.82, 2.24) is 14.6 Å². The van der Waals surface area contributed by atoms with Gasteiger partial charge in [-0.15, -0.1) is 5.10 Å². The minimum atomic E-state index is -3.35. The van der Waals surface area contributed by atoms with E-state index in [1.54, 1.807) is 28.9 Å². The van der Waals surface area contributed by atoms with Crippen molar-refractivity contribution in [3.63, 3.8) is 0 Å². The van der Waals surface area contributed by atoms with Gasteiger partial charge >= 0.3 is 0 Å². The summed E-state index contributed by atoms with van der Waals surface area (Å²) in [5.41, 5.74) is 2.80. The number of carbonyl (C=O) groups is 1. The molecule has 4 rings (SSSR count). The molecule has 1 saturated carbocycles. The number of sulfonamides is 1. The quantitative estimate of drug-likeness (QED) is 0.668. The Kier molecular flexibility index (Phi) is 5.23. The van der Waals surface area contributed by atoms with Gasteiger partial charge in [0.1, 0.15) is 0 Å². The molecule has 9 heteroatoms. The molecule has 1 fully saturated rings. The molecule has 3 aromatic rings. The van der Waals surface area contributed by atoms with E-state index in [-0.39, 0.29) is 11.8 Å². The van der Waals surface area contributed by atoms with Crippen LogP contribution in [0.4, 0.5) is 11.6 Å². The number of benzene rings is 1. The Bertz CT molecular complexity index is 1150. The number of anilines is 2. The molecule has 1 aromatic carbocycles. The molecule has 8 nitrogen and oxygen atoms in total. The number of hydrogen-bond acceptors (Lipinski definition) is 5. The van der Waals surface area contributed by atoms with E-state index in [0.717, 1.165) is 43.1 Å². The molecule has 0 saturated heterocycles. The zero-order valence-corrected chi connectivity index (χ0v) is 16.9. The van der Waals surface area contributed by atoms with E-state index in [1.807, 2.05) is 18.2 Å². The van der Waals surface area contributed by atoms with E-state index in [1.165, 1.54) is 6.42 Å². The number of rotatable bonds is 5. The molecule has 1 aliphatic carbocycles. The predicted octanol–water partition coefficient (Wildman–Crippen LogP) is 3.29. The zero-order valence-electron chi connectivity index (χ0n) is 16.1. The monoisotopic (exact) mass is 413 g/mol. The molecule has 0 radical (unpaired) electrons. The van der Waals surface area contributed by atoms with Crippen LogP contribution in [0.2, 0.25) is 0 Å². The first-order valence-electron chi connectivity index (χ1n) is 9.63. The molecule has 1 aliphatic rings. The molecule has 29 heavy (non-hydrogen) atoms. The third-order valence-corrected chi connectivity index (χ3v) is 5.65. The maximum absolute atomic E-state index is 12.4. The van der Waals surface area contributed by atoms with Gasteiger partial charge in [-0.3, -0.25) is 14.8 Å². The summed E-state index contributed by atoms with van der Waals surface area (Å²) in [6.07, 6.45) is 8.13. The Hall–Kier alpha value is -2.94. The Morgan fingerprint density at radius 3 is 2.66 bits per heavy atom. The van der Waals surface area contributed by atoms with E-state index in [2.05, 4.69) is 20.1 Å². The molecule has 0 unspecified atom stereocenters. The molecule has 0 spiro atoms. The van der Waals surface area contributed by atoms with E-state index >= 15 is 0 Å². The molecule has 2 heterocycles. The molecule has 1 amide bonds. The topological polar surface area (TPSA) is 105 Å². The van der Waals surface area contributed by atoms with E-state index < -0.39 is 10.0 Å². The van der Waals surface area contributed by atoms with Gasteiger partial charge in [0.05, 0.1) is 6.26 Å². The first-order chi connectivity index (χ1) is 13.9. The Morgan fingerprint density at radius 1 is 1.10 bits per heavy atom. The summed E-state index contributed by atoms with van der Waals surface area (Å²) in [7, 11) is -3.35. The van der Waals surface area contributed by atoms with Crippen molar-refractivity contribution in [2.45, 2.75) is 32.1 Å². The number of carbonyl (C=O) groups excluding carboxylic acids is 1. The van der Waals surface area contributed by atoms with Crippen LogP contribution in [0.3, 0.4) is 0 Å². The van der Waals surface area contributed by atoms with Crippen LogP contribution in [0.5, 0.6) is 0 Å². The van der Waals surface area contributed by atoms with Crippen LogP contribution in [0.15, 0.2) is 42.6 Å². The highest BCUT2D eigenvalue weighted by Gasteiger charge is 2.22. The fourth-order valence-electron chi connectivity index (χ4n) is 3.66. The van der Waals surface area contributed by atoms with Crippen LogP contribution in [0, 0.1) is 5.92 Å². The minimum absolute atomic E-state index is 0.0135. The largest absolute Gasteiger partial charge is 0.293 e. The summed E-state index contributed by atoms with van der Waals surface area (Å²) >= 11 is 0. The lowest BCUT2D eigenvalue weighted by atomic mass is 9.89. The van der Waals surface area contributed by atoms with Gasteiger partial charge in [-0.05, 0) is 42.7 Å². The van der Waals surface area contributed by atoms with Crippen LogP contribution in [-0.2, 0) is 14.8 Å². The third kappa shape index (κ3) is 4.73. The number of nitrogens with zero attached hydrogens (tertiary/aromatic N) is 3. The van der Waals surface area contributed by atoms with Gasteiger partial charge in [0.2, 0.25) is 21.9 Å². The second kappa shape index (κ2) is 7.82. The maximum atomic E-state index is 12.4. The first-order valence-corrected chi connectivity index (χ1v) is 11.5. The van der Waals surface area contributed by atoms with Crippen molar-refractivity contribution in [2.24, 2.45) is 5.92 Å². The Labute approximate surface area is 169 Å². The zero-order chi connectivity index (χ0) is 20.4. The van der Waals surface area contributed by atoms with Crippen LogP contribution >= 0.6 is 0 Å². The van der Waals surface area contributed by atoms with Crippen molar-refractivity contribution in [1.29, 1.82) is 0 Å². The summed E-state index contributed by atoms with van der Waals surface area (Å²) in [6.45, 7) is 0. The number of fused-ring (bicyclic) bond motifs is 1. The lowest BCUT2D eigenvalue weighted by Crippen LogP contribution is -2.25. The number of pyridine rings is 1. The number of amides is 1. The van der Waals surface area contributed by atoms with Crippen molar-refractivity contribution in [3.8, 4) is 11.1 Å². The van der Waals surface area contributed by atoms with E-state index in [0.29, 0.717) is 17.3 Å². The smallest absolute Gasteiger partial charge is 0.249 e. The van der Waals surface area contributed by atoms with E-state index in [9.17, 15) is 13.2 Å². The standard InChI is InChI=1S/C20H23N5O3S/c1-29(27,28)24-17-9-5-8-15(12-17)16-10-11-18-21-20(23-25(18)13-16)22-19(26)14-6-3-2-4-7-14/h5,8-14,24H,2-4,6-7H2,1H3,(H,22,23,26). The third-order valence-electron chi connectivity index (χ3n) is 5.04. The second-order valence-electron chi connectivity index (χ2n) is 7.44. The molecule has 2 aromatic heterocycles. The van der Waals surface area contributed by atoms with Gasteiger partial charge in [-0.2, -0.15) is 4.98 Å². The molecular weight excluding hydrogens is 390 g/mol. The summed E-state index contributed by atoms with van der Waals surface area (Å²) < 4.78 is 27.0. The van der Waals surface area contributed by atoms with Gasteiger partial charge in [-0.1, -0.05) is 31.4 Å². The molecule has 0 bridgehead atoms. The Balaban J connectivity index is 1.55.